The van der Waals surface area contributed by atoms with Crippen molar-refractivity contribution in [3.05, 3.63) is 0 Å². The van der Waals surface area contributed by atoms with Crippen molar-refractivity contribution in [3.8, 4) is 0 Å². The van der Waals surface area contributed by atoms with Crippen molar-refractivity contribution in [2.45, 2.75) is 45.1 Å². The minimum absolute atomic E-state index is 0.166. The van der Waals surface area contributed by atoms with Crippen molar-refractivity contribution in [2.75, 3.05) is 13.2 Å². The highest BCUT2D eigenvalue weighted by molar-refractivity contribution is 4.88. The van der Waals surface area contributed by atoms with Gasteiger partial charge in [-0.25, -0.2) is 0 Å². The fraction of sp³-hybridized carbons (Fsp3) is 1.00. The number of fused-ring (bicyclic) bond motifs is 2. The van der Waals surface area contributed by atoms with E-state index in [2.05, 4.69) is 6.92 Å². The molecule has 2 heteroatoms. The van der Waals surface area contributed by atoms with Gasteiger partial charge in [0, 0.05) is 0 Å². The van der Waals surface area contributed by atoms with E-state index >= 15 is 0 Å². The molecule has 4 unspecified atom stereocenters. The van der Waals surface area contributed by atoms with Gasteiger partial charge >= 0.3 is 0 Å². The van der Waals surface area contributed by atoms with E-state index in [1.165, 1.54) is 32.1 Å². The lowest BCUT2D eigenvalue weighted by atomic mass is 9.67. The average Bonchev–Trinajstić information content (AvgIpc) is 2.17. The molecule has 0 heterocycles. The van der Waals surface area contributed by atoms with Crippen LogP contribution in [-0.2, 0) is 4.74 Å². The van der Waals surface area contributed by atoms with E-state index in [-0.39, 0.29) is 6.61 Å². The molecule has 0 amide bonds. The molecule has 2 saturated carbocycles. The second kappa shape index (κ2) is 4.63. The van der Waals surface area contributed by atoms with Crippen LogP contribution in [0.2, 0.25) is 0 Å². The quantitative estimate of drug-likeness (QED) is 0.753. The van der Waals surface area contributed by atoms with Gasteiger partial charge in [-0.2, -0.15) is 0 Å². The molecule has 0 spiro atoms. The summed E-state index contributed by atoms with van der Waals surface area (Å²) in [5.41, 5.74) is 0. The van der Waals surface area contributed by atoms with E-state index in [1.807, 2.05) is 0 Å². The molecule has 2 aliphatic carbocycles. The van der Waals surface area contributed by atoms with Crippen molar-refractivity contribution in [1.29, 1.82) is 0 Å². The van der Waals surface area contributed by atoms with E-state index in [4.69, 9.17) is 9.84 Å². The van der Waals surface area contributed by atoms with Crippen LogP contribution in [0.3, 0.4) is 0 Å². The summed E-state index contributed by atoms with van der Waals surface area (Å²) in [6, 6.07) is 0. The molecule has 1 N–H and O–H groups in total. The van der Waals surface area contributed by atoms with Crippen LogP contribution in [-0.4, -0.2) is 24.4 Å². The summed E-state index contributed by atoms with van der Waals surface area (Å²) in [6.45, 7) is 3.00. The first-order chi connectivity index (χ1) is 6.81. The first-order valence-corrected chi connectivity index (χ1v) is 6.03. The Balaban J connectivity index is 1.92. The lowest BCUT2D eigenvalue weighted by molar-refractivity contribution is -0.0787. The molecule has 0 radical (unpaired) electrons. The van der Waals surface area contributed by atoms with Gasteiger partial charge in [-0.1, -0.05) is 19.8 Å². The highest BCUT2D eigenvalue weighted by Crippen LogP contribution is 2.43. The summed E-state index contributed by atoms with van der Waals surface area (Å²) < 4.78 is 5.78. The number of aliphatic hydroxyl groups excluding tert-OH is 1. The fourth-order valence-electron chi connectivity index (χ4n) is 3.46. The molecule has 0 aromatic carbocycles. The maximum Gasteiger partial charge on any atom is 0.0701 e. The molecule has 0 aliphatic heterocycles. The smallest absolute Gasteiger partial charge is 0.0701 e. The van der Waals surface area contributed by atoms with Crippen LogP contribution in [0.25, 0.3) is 0 Å². The molecule has 2 aliphatic rings. The van der Waals surface area contributed by atoms with Gasteiger partial charge in [-0.3, -0.25) is 0 Å². The Hall–Kier alpha value is -0.0800. The topological polar surface area (TPSA) is 29.5 Å². The highest BCUT2D eigenvalue weighted by Gasteiger charge is 2.38. The minimum Gasteiger partial charge on any atom is -0.394 e. The first-order valence-electron chi connectivity index (χ1n) is 6.03. The summed E-state index contributed by atoms with van der Waals surface area (Å²) >= 11 is 0. The SMILES string of the molecule is CC1CC2CCCC(C2)C1OCCO. The van der Waals surface area contributed by atoms with Gasteiger partial charge in [0.2, 0.25) is 0 Å². The summed E-state index contributed by atoms with van der Waals surface area (Å²) in [6.07, 6.45) is 7.32. The molecule has 2 fully saturated rings. The van der Waals surface area contributed by atoms with Crippen molar-refractivity contribution in [2.24, 2.45) is 17.8 Å². The standard InChI is InChI=1S/C12H22O2/c1-9-7-10-3-2-4-11(8-10)12(9)14-6-5-13/h9-13H,2-8H2,1H3. The van der Waals surface area contributed by atoms with E-state index < -0.39 is 0 Å². The average molecular weight is 198 g/mol. The third-order valence-electron chi connectivity index (χ3n) is 3.96. The Kier molecular flexibility index (Phi) is 3.45. The molecule has 4 atom stereocenters. The van der Waals surface area contributed by atoms with Gasteiger partial charge in [0.05, 0.1) is 19.3 Å². The van der Waals surface area contributed by atoms with Gasteiger partial charge in [0.1, 0.15) is 0 Å². The van der Waals surface area contributed by atoms with Gasteiger partial charge in [0.25, 0.3) is 0 Å². The van der Waals surface area contributed by atoms with Gasteiger partial charge < -0.3 is 9.84 Å². The number of hydrogen-bond donors (Lipinski definition) is 1. The van der Waals surface area contributed by atoms with Crippen molar-refractivity contribution in [1.82, 2.24) is 0 Å². The molecular weight excluding hydrogens is 176 g/mol. The first kappa shape index (κ1) is 10.4. The van der Waals surface area contributed by atoms with Crippen LogP contribution in [0.4, 0.5) is 0 Å². The lowest BCUT2D eigenvalue weighted by Crippen LogP contribution is -2.40. The highest BCUT2D eigenvalue weighted by atomic mass is 16.5. The summed E-state index contributed by atoms with van der Waals surface area (Å²) in [7, 11) is 0. The zero-order valence-electron chi connectivity index (χ0n) is 9.11. The maximum absolute atomic E-state index is 8.78. The van der Waals surface area contributed by atoms with E-state index in [1.54, 1.807) is 0 Å². The van der Waals surface area contributed by atoms with E-state index in [0.29, 0.717) is 18.6 Å². The molecule has 2 bridgehead atoms. The van der Waals surface area contributed by atoms with Crippen LogP contribution < -0.4 is 0 Å². The number of ether oxygens (including phenoxy) is 1. The predicted molar refractivity (Wildman–Crippen MR) is 56.1 cm³/mol. The molecule has 82 valence electrons. The summed E-state index contributed by atoms with van der Waals surface area (Å²) in [5.74, 6) is 2.45. The largest absolute Gasteiger partial charge is 0.394 e. The maximum atomic E-state index is 8.78. The predicted octanol–water partition coefficient (Wildman–Crippen LogP) is 2.21. The van der Waals surface area contributed by atoms with Crippen molar-refractivity contribution < 1.29 is 9.84 Å². The lowest BCUT2D eigenvalue weighted by Gasteiger charge is -2.43. The fourth-order valence-corrected chi connectivity index (χ4v) is 3.46. The van der Waals surface area contributed by atoms with Gasteiger partial charge in [-0.15, -0.1) is 0 Å². The Bertz CT molecular complexity index is 179. The Morgan fingerprint density at radius 3 is 2.93 bits per heavy atom. The van der Waals surface area contributed by atoms with Crippen molar-refractivity contribution >= 4 is 0 Å². The minimum atomic E-state index is 0.166. The Labute approximate surface area is 86.6 Å². The third-order valence-corrected chi connectivity index (χ3v) is 3.96. The van der Waals surface area contributed by atoms with Gasteiger partial charge in [-0.05, 0) is 37.0 Å². The van der Waals surface area contributed by atoms with Crippen LogP contribution >= 0.6 is 0 Å². The molecule has 0 aromatic heterocycles. The van der Waals surface area contributed by atoms with Crippen LogP contribution in [0.5, 0.6) is 0 Å². The molecule has 0 saturated heterocycles. The summed E-state index contributed by atoms with van der Waals surface area (Å²) in [5, 5.41) is 8.78. The second-order valence-electron chi connectivity index (χ2n) is 5.06. The second-order valence-corrected chi connectivity index (χ2v) is 5.06. The zero-order chi connectivity index (χ0) is 9.97. The molecule has 0 aromatic rings. The Morgan fingerprint density at radius 2 is 2.14 bits per heavy atom. The zero-order valence-corrected chi connectivity index (χ0v) is 9.11. The number of hydrogen-bond acceptors (Lipinski definition) is 2. The third kappa shape index (κ3) is 2.12. The van der Waals surface area contributed by atoms with Crippen molar-refractivity contribution in [3.63, 3.8) is 0 Å². The molecular formula is C12H22O2. The van der Waals surface area contributed by atoms with E-state index in [0.717, 1.165) is 11.8 Å². The molecule has 2 rings (SSSR count). The van der Waals surface area contributed by atoms with Crippen LogP contribution in [0.15, 0.2) is 0 Å². The van der Waals surface area contributed by atoms with Crippen LogP contribution in [0.1, 0.15) is 39.0 Å². The monoisotopic (exact) mass is 198 g/mol. The molecule has 14 heavy (non-hydrogen) atoms. The van der Waals surface area contributed by atoms with Crippen LogP contribution in [0, 0.1) is 17.8 Å². The normalized spacial score (nSPS) is 42.4. The number of rotatable bonds is 3. The Morgan fingerprint density at radius 1 is 1.29 bits per heavy atom. The number of aliphatic hydroxyl groups is 1. The van der Waals surface area contributed by atoms with E-state index in [9.17, 15) is 0 Å². The summed E-state index contributed by atoms with van der Waals surface area (Å²) in [4.78, 5) is 0. The molecule has 2 nitrogen and oxygen atoms in total. The van der Waals surface area contributed by atoms with Gasteiger partial charge in [0.15, 0.2) is 0 Å².